The lowest BCUT2D eigenvalue weighted by Crippen LogP contribution is -2.45. The van der Waals surface area contributed by atoms with Gasteiger partial charge in [-0.2, -0.15) is 0 Å². The monoisotopic (exact) mass is 415 g/mol. The lowest BCUT2D eigenvalue weighted by atomic mass is 9.78. The average Bonchev–Trinajstić information content (AvgIpc) is 2.50. The minimum Gasteiger partial charge on any atom is -0.452 e. The molecule has 120 valence electrons. The van der Waals surface area contributed by atoms with Crippen LogP contribution in [-0.2, 0) is 9.53 Å². The van der Waals surface area contributed by atoms with Gasteiger partial charge in [0.1, 0.15) is 0 Å². The molecule has 4 nitrogen and oxygen atoms in total. The topological polar surface area (TPSA) is 55.4 Å². The SMILES string of the molecule is CC1CCCC(NC(=O)COC(=O)c2ccc(I)cc2)C1C. The molecule has 1 amide bonds. The van der Waals surface area contributed by atoms with Crippen LogP contribution in [0.2, 0.25) is 0 Å². The van der Waals surface area contributed by atoms with Gasteiger partial charge >= 0.3 is 5.97 Å². The van der Waals surface area contributed by atoms with E-state index in [0.717, 1.165) is 16.4 Å². The quantitative estimate of drug-likeness (QED) is 0.606. The lowest BCUT2D eigenvalue weighted by molar-refractivity contribution is -0.125. The molecule has 3 atom stereocenters. The van der Waals surface area contributed by atoms with Crippen molar-refractivity contribution < 1.29 is 14.3 Å². The molecule has 1 fully saturated rings. The molecule has 2 rings (SSSR count). The van der Waals surface area contributed by atoms with E-state index >= 15 is 0 Å². The molecule has 1 aromatic rings. The Labute approximate surface area is 145 Å². The molecule has 0 radical (unpaired) electrons. The van der Waals surface area contributed by atoms with Crippen LogP contribution in [0.15, 0.2) is 24.3 Å². The number of amides is 1. The fraction of sp³-hybridized carbons (Fsp3) is 0.529. The molecule has 0 spiro atoms. The summed E-state index contributed by atoms with van der Waals surface area (Å²) in [5.74, 6) is 0.402. The highest BCUT2D eigenvalue weighted by atomic mass is 127. The number of carbonyl (C=O) groups excluding carboxylic acids is 2. The van der Waals surface area contributed by atoms with Crippen LogP contribution >= 0.6 is 22.6 Å². The first-order chi connectivity index (χ1) is 10.5. The maximum absolute atomic E-state index is 12.0. The first-order valence-electron chi connectivity index (χ1n) is 7.69. The Balaban J connectivity index is 1.80. The van der Waals surface area contributed by atoms with Crippen molar-refractivity contribution in [2.24, 2.45) is 11.8 Å². The molecular formula is C17H22INO3. The zero-order chi connectivity index (χ0) is 16.1. The van der Waals surface area contributed by atoms with Crippen LogP contribution in [-0.4, -0.2) is 24.5 Å². The maximum Gasteiger partial charge on any atom is 0.338 e. The maximum atomic E-state index is 12.0. The Bertz CT molecular complexity index is 529. The summed E-state index contributed by atoms with van der Waals surface area (Å²) in [7, 11) is 0. The molecule has 1 aliphatic rings. The van der Waals surface area contributed by atoms with Crippen molar-refractivity contribution in [1.82, 2.24) is 5.32 Å². The molecule has 22 heavy (non-hydrogen) atoms. The fourth-order valence-electron chi connectivity index (χ4n) is 2.83. The number of benzene rings is 1. The Kier molecular flexibility index (Phi) is 6.23. The van der Waals surface area contributed by atoms with Gasteiger partial charge in [-0.05, 0) is 65.1 Å². The number of hydrogen-bond acceptors (Lipinski definition) is 3. The fourth-order valence-corrected chi connectivity index (χ4v) is 3.19. The molecule has 0 bridgehead atoms. The predicted octanol–water partition coefficient (Wildman–Crippen LogP) is 3.39. The van der Waals surface area contributed by atoms with Crippen LogP contribution in [0.5, 0.6) is 0 Å². The van der Waals surface area contributed by atoms with Gasteiger partial charge in [0.05, 0.1) is 5.56 Å². The van der Waals surface area contributed by atoms with Crippen LogP contribution in [0.4, 0.5) is 0 Å². The van der Waals surface area contributed by atoms with E-state index in [9.17, 15) is 9.59 Å². The third-order valence-corrected chi connectivity index (χ3v) is 5.19. The molecule has 1 saturated carbocycles. The second-order valence-corrected chi connectivity index (χ2v) is 7.27. The van der Waals surface area contributed by atoms with E-state index in [0.29, 0.717) is 17.4 Å². The van der Waals surface area contributed by atoms with Crippen LogP contribution < -0.4 is 5.32 Å². The van der Waals surface area contributed by atoms with Gasteiger partial charge in [-0.15, -0.1) is 0 Å². The number of ether oxygens (including phenoxy) is 1. The molecule has 0 aromatic heterocycles. The second-order valence-electron chi connectivity index (χ2n) is 6.02. The molecule has 1 aliphatic carbocycles. The summed E-state index contributed by atoms with van der Waals surface area (Å²) in [5.41, 5.74) is 0.466. The number of halogens is 1. The molecule has 3 unspecified atom stereocenters. The van der Waals surface area contributed by atoms with Gasteiger partial charge in [0.15, 0.2) is 6.61 Å². The van der Waals surface area contributed by atoms with E-state index < -0.39 is 5.97 Å². The summed E-state index contributed by atoms with van der Waals surface area (Å²) in [6.45, 7) is 4.18. The molecule has 0 saturated heterocycles. The second kappa shape index (κ2) is 7.94. The normalized spacial score (nSPS) is 24.6. The zero-order valence-corrected chi connectivity index (χ0v) is 15.1. The zero-order valence-electron chi connectivity index (χ0n) is 13.0. The minimum absolute atomic E-state index is 0.188. The molecule has 0 aliphatic heterocycles. The first-order valence-corrected chi connectivity index (χ1v) is 8.77. The first kappa shape index (κ1) is 17.2. The summed E-state index contributed by atoms with van der Waals surface area (Å²) in [5, 5.41) is 3.00. The van der Waals surface area contributed by atoms with Crippen molar-refractivity contribution in [3.63, 3.8) is 0 Å². The van der Waals surface area contributed by atoms with Crippen LogP contribution in [0.3, 0.4) is 0 Å². The number of esters is 1. The van der Waals surface area contributed by atoms with Crippen molar-refractivity contribution in [1.29, 1.82) is 0 Å². The van der Waals surface area contributed by atoms with Crippen molar-refractivity contribution in [3.8, 4) is 0 Å². The smallest absolute Gasteiger partial charge is 0.338 e. The number of hydrogen-bond donors (Lipinski definition) is 1. The third kappa shape index (κ3) is 4.69. The minimum atomic E-state index is -0.461. The van der Waals surface area contributed by atoms with E-state index in [-0.39, 0.29) is 18.6 Å². The highest BCUT2D eigenvalue weighted by molar-refractivity contribution is 14.1. The lowest BCUT2D eigenvalue weighted by Gasteiger charge is -2.34. The van der Waals surface area contributed by atoms with Crippen molar-refractivity contribution >= 4 is 34.5 Å². The van der Waals surface area contributed by atoms with Gasteiger partial charge in [-0.3, -0.25) is 4.79 Å². The van der Waals surface area contributed by atoms with Gasteiger partial charge in [-0.25, -0.2) is 4.79 Å². The number of nitrogens with one attached hydrogen (secondary N) is 1. The van der Waals surface area contributed by atoms with E-state index in [1.807, 2.05) is 12.1 Å². The van der Waals surface area contributed by atoms with Gasteiger partial charge in [0.2, 0.25) is 0 Å². The van der Waals surface area contributed by atoms with Crippen molar-refractivity contribution in [2.75, 3.05) is 6.61 Å². The third-order valence-electron chi connectivity index (χ3n) is 4.47. The molecule has 1 N–H and O–H groups in total. The van der Waals surface area contributed by atoms with Gasteiger partial charge in [-0.1, -0.05) is 26.7 Å². The largest absolute Gasteiger partial charge is 0.452 e. The summed E-state index contributed by atoms with van der Waals surface area (Å²) in [6.07, 6.45) is 3.36. The summed E-state index contributed by atoms with van der Waals surface area (Å²) in [6, 6.07) is 7.26. The number of rotatable bonds is 4. The number of carbonyl (C=O) groups is 2. The molecule has 0 heterocycles. The average molecular weight is 415 g/mol. The van der Waals surface area contributed by atoms with Crippen LogP contribution in [0.25, 0.3) is 0 Å². The van der Waals surface area contributed by atoms with E-state index in [4.69, 9.17) is 4.74 Å². The standard InChI is InChI=1S/C17H22INO3/c1-11-4-3-5-15(12(11)2)19-16(20)10-22-17(21)13-6-8-14(18)9-7-13/h6-9,11-12,15H,3-5,10H2,1-2H3,(H,19,20). The van der Waals surface area contributed by atoms with E-state index in [1.165, 1.54) is 6.42 Å². The molecule has 1 aromatic carbocycles. The summed E-state index contributed by atoms with van der Waals surface area (Å²) < 4.78 is 6.13. The van der Waals surface area contributed by atoms with Crippen molar-refractivity contribution in [2.45, 2.75) is 39.2 Å². The van der Waals surface area contributed by atoms with Gasteiger partial charge in [0, 0.05) is 9.61 Å². The van der Waals surface area contributed by atoms with Gasteiger partial charge in [0.25, 0.3) is 5.91 Å². The highest BCUT2D eigenvalue weighted by Crippen LogP contribution is 2.29. The summed E-state index contributed by atoms with van der Waals surface area (Å²) in [4.78, 5) is 23.8. The van der Waals surface area contributed by atoms with E-state index in [1.54, 1.807) is 12.1 Å². The molecule has 5 heteroatoms. The molecular weight excluding hydrogens is 393 g/mol. The van der Waals surface area contributed by atoms with Crippen LogP contribution in [0, 0.1) is 15.4 Å². The highest BCUT2D eigenvalue weighted by Gasteiger charge is 2.28. The van der Waals surface area contributed by atoms with Gasteiger partial charge < -0.3 is 10.1 Å². The summed E-state index contributed by atoms with van der Waals surface area (Å²) >= 11 is 2.17. The Morgan fingerprint density at radius 3 is 2.59 bits per heavy atom. The Morgan fingerprint density at radius 2 is 1.91 bits per heavy atom. The van der Waals surface area contributed by atoms with E-state index in [2.05, 4.69) is 41.8 Å². The van der Waals surface area contributed by atoms with Crippen LogP contribution in [0.1, 0.15) is 43.5 Å². The Morgan fingerprint density at radius 1 is 1.23 bits per heavy atom. The Hall–Kier alpha value is -1.11. The predicted molar refractivity (Wildman–Crippen MR) is 93.6 cm³/mol. The van der Waals surface area contributed by atoms with Crippen molar-refractivity contribution in [3.05, 3.63) is 33.4 Å².